The lowest BCUT2D eigenvalue weighted by molar-refractivity contribution is -0.136. The molecule has 4 heteroatoms. The molecule has 0 radical (unpaired) electrons. The minimum atomic E-state index is -0.790. The second-order valence-electron chi connectivity index (χ2n) is 4.11. The number of aromatic nitrogens is 1. The zero-order chi connectivity index (χ0) is 10.8. The molecule has 0 amide bonds. The highest BCUT2D eigenvalue weighted by Gasteiger charge is 2.22. The van der Waals surface area contributed by atoms with Gasteiger partial charge in [-0.1, -0.05) is 12.8 Å². The Morgan fingerprint density at radius 2 is 2.20 bits per heavy atom. The smallest absolute Gasteiger partial charge is 0.309 e. The monoisotopic (exact) mass is 225 g/mol. The van der Waals surface area contributed by atoms with Crippen molar-refractivity contribution in [1.29, 1.82) is 0 Å². The average molecular weight is 225 g/mol. The molecule has 0 spiro atoms. The Bertz CT molecular complexity index is 367. The molecule has 0 aliphatic heterocycles. The summed E-state index contributed by atoms with van der Waals surface area (Å²) in [5.41, 5.74) is 0.759. The molecule has 0 bridgehead atoms. The van der Waals surface area contributed by atoms with Crippen LogP contribution in [-0.4, -0.2) is 16.1 Å². The highest BCUT2D eigenvalue weighted by atomic mass is 32.1. The fraction of sp³-hybridized carbons (Fsp3) is 0.636. The molecule has 1 aromatic heterocycles. The molecule has 1 fully saturated rings. The number of carbonyl (C=O) groups is 1. The molecule has 3 nitrogen and oxygen atoms in total. The third-order valence-electron chi connectivity index (χ3n) is 2.93. The Morgan fingerprint density at radius 1 is 1.53 bits per heavy atom. The van der Waals surface area contributed by atoms with Crippen molar-refractivity contribution < 1.29 is 9.90 Å². The molecule has 1 N–H and O–H groups in total. The fourth-order valence-corrected chi connectivity index (χ4v) is 3.21. The van der Waals surface area contributed by atoms with Crippen LogP contribution in [0.25, 0.3) is 0 Å². The molecule has 1 aliphatic rings. The van der Waals surface area contributed by atoms with Crippen molar-refractivity contribution in [3.8, 4) is 0 Å². The highest BCUT2D eigenvalue weighted by Crippen LogP contribution is 2.36. The molecule has 1 aliphatic carbocycles. The van der Waals surface area contributed by atoms with Gasteiger partial charge in [0.1, 0.15) is 0 Å². The molecule has 82 valence electrons. The SMILES string of the molecule is Cc1sc(C2CCCC2)nc1CC(=O)O. The van der Waals surface area contributed by atoms with Crippen molar-refractivity contribution in [3.05, 3.63) is 15.6 Å². The first-order chi connectivity index (χ1) is 7.16. The molecule has 15 heavy (non-hydrogen) atoms. The topological polar surface area (TPSA) is 50.2 Å². The van der Waals surface area contributed by atoms with E-state index in [9.17, 15) is 4.79 Å². The first kappa shape index (κ1) is 10.6. The molecule has 0 unspecified atom stereocenters. The van der Waals surface area contributed by atoms with E-state index in [0.717, 1.165) is 15.6 Å². The van der Waals surface area contributed by atoms with Crippen molar-refractivity contribution in [1.82, 2.24) is 4.98 Å². The third-order valence-corrected chi connectivity index (χ3v) is 4.11. The van der Waals surface area contributed by atoms with Crippen LogP contribution >= 0.6 is 11.3 Å². The van der Waals surface area contributed by atoms with Crippen LogP contribution < -0.4 is 0 Å². The van der Waals surface area contributed by atoms with Crippen molar-refractivity contribution in [3.63, 3.8) is 0 Å². The number of carboxylic acid groups (broad SMARTS) is 1. The van der Waals surface area contributed by atoms with Gasteiger partial charge in [-0.25, -0.2) is 4.98 Å². The van der Waals surface area contributed by atoms with Gasteiger partial charge in [-0.15, -0.1) is 11.3 Å². The zero-order valence-electron chi connectivity index (χ0n) is 8.82. The van der Waals surface area contributed by atoms with Crippen LogP contribution in [-0.2, 0) is 11.2 Å². The predicted octanol–water partition coefficient (Wildman–Crippen LogP) is 2.74. The summed E-state index contributed by atoms with van der Waals surface area (Å²) in [4.78, 5) is 16.2. The Balaban J connectivity index is 2.16. The minimum absolute atomic E-state index is 0.0645. The van der Waals surface area contributed by atoms with E-state index in [4.69, 9.17) is 5.11 Å². The number of rotatable bonds is 3. The van der Waals surface area contributed by atoms with E-state index >= 15 is 0 Å². The third kappa shape index (κ3) is 2.37. The van der Waals surface area contributed by atoms with Crippen LogP contribution in [0.15, 0.2) is 0 Å². The summed E-state index contributed by atoms with van der Waals surface area (Å²) in [6, 6.07) is 0. The first-order valence-electron chi connectivity index (χ1n) is 5.35. The largest absolute Gasteiger partial charge is 0.481 e. The minimum Gasteiger partial charge on any atom is -0.481 e. The normalized spacial score (nSPS) is 17.1. The molecule has 1 aromatic rings. The van der Waals surface area contributed by atoms with E-state index in [1.807, 2.05) is 6.92 Å². The zero-order valence-corrected chi connectivity index (χ0v) is 9.64. The maximum atomic E-state index is 10.6. The van der Waals surface area contributed by atoms with E-state index in [0.29, 0.717) is 5.92 Å². The Kier molecular flexibility index (Phi) is 3.05. The van der Waals surface area contributed by atoms with E-state index < -0.39 is 5.97 Å². The molecule has 0 saturated heterocycles. The summed E-state index contributed by atoms with van der Waals surface area (Å²) in [5, 5.41) is 9.88. The van der Waals surface area contributed by atoms with Crippen LogP contribution in [0.5, 0.6) is 0 Å². The van der Waals surface area contributed by atoms with Crippen molar-refractivity contribution in [2.45, 2.75) is 44.9 Å². The van der Waals surface area contributed by atoms with Gasteiger partial charge in [0.05, 0.1) is 17.1 Å². The van der Waals surface area contributed by atoms with Gasteiger partial charge < -0.3 is 5.11 Å². The number of aryl methyl sites for hydroxylation is 1. The van der Waals surface area contributed by atoms with Gasteiger partial charge in [-0.05, 0) is 19.8 Å². The second kappa shape index (κ2) is 4.31. The number of aliphatic carboxylic acids is 1. The van der Waals surface area contributed by atoms with Crippen LogP contribution in [0.4, 0.5) is 0 Å². The second-order valence-corrected chi connectivity index (χ2v) is 5.34. The highest BCUT2D eigenvalue weighted by molar-refractivity contribution is 7.11. The number of hydrogen-bond acceptors (Lipinski definition) is 3. The number of carboxylic acids is 1. The van der Waals surface area contributed by atoms with Crippen LogP contribution in [0.3, 0.4) is 0 Å². The van der Waals surface area contributed by atoms with Gasteiger partial charge in [-0.3, -0.25) is 4.79 Å². The van der Waals surface area contributed by atoms with Crippen molar-refractivity contribution >= 4 is 17.3 Å². The average Bonchev–Trinajstić information content (AvgIpc) is 2.75. The molecule has 0 aromatic carbocycles. The molecule has 2 rings (SSSR count). The maximum absolute atomic E-state index is 10.6. The lowest BCUT2D eigenvalue weighted by Crippen LogP contribution is -2.02. The van der Waals surface area contributed by atoms with E-state index in [-0.39, 0.29) is 6.42 Å². The quantitative estimate of drug-likeness (QED) is 0.860. The summed E-state index contributed by atoms with van der Waals surface area (Å²) >= 11 is 1.68. The first-order valence-corrected chi connectivity index (χ1v) is 6.16. The summed E-state index contributed by atoms with van der Waals surface area (Å²) in [7, 11) is 0. The standard InChI is InChI=1S/C11H15NO2S/c1-7-9(6-10(13)14)12-11(15-7)8-4-2-3-5-8/h8H,2-6H2,1H3,(H,13,14). The summed E-state index contributed by atoms with van der Waals surface area (Å²) in [6.45, 7) is 1.97. The number of hydrogen-bond donors (Lipinski definition) is 1. The maximum Gasteiger partial charge on any atom is 0.309 e. The fourth-order valence-electron chi connectivity index (χ4n) is 2.10. The Morgan fingerprint density at radius 3 is 2.80 bits per heavy atom. The van der Waals surface area contributed by atoms with E-state index in [1.165, 1.54) is 25.7 Å². The van der Waals surface area contributed by atoms with Gasteiger partial charge >= 0.3 is 5.97 Å². The molecular formula is C11H15NO2S. The van der Waals surface area contributed by atoms with Gasteiger partial charge in [0.2, 0.25) is 0 Å². The van der Waals surface area contributed by atoms with Gasteiger partial charge in [0.15, 0.2) is 0 Å². The molecule has 1 saturated carbocycles. The summed E-state index contributed by atoms with van der Waals surface area (Å²) in [6.07, 6.45) is 5.09. The van der Waals surface area contributed by atoms with Crippen molar-refractivity contribution in [2.75, 3.05) is 0 Å². The lowest BCUT2D eigenvalue weighted by Gasteiger charge is -2.02. The van der Waals surface area contributed by atoms with Crippen LogP contribution in [0, 0.1) is 6.92 Å². The predicted molar refractivity (Wildman–Crippen MR) is 59.4 cm³/mol. The Labute approximate surface area is 93.2 Å². The lowest BCUT2D eigenvalue weighted by atomic mass is 10.1. The van der Waals surface area contributed by atoms with Crippen LogP contribution in [0.1, 0.15) is 47.2 Å². The Hall–Kier alpha value is -0.900. The van der Waals surface area contributed by atoms with Crippen LogP contribution in [0.2, 0.25) is 0 Å². The van der Waals surface area contributed by atoms with Crippen molar-refractivity contribution in [2.24, 2.45) is 0 Å². The summed E-state index contributed by atoms with van der Waals surface area (Å²) < 4.78 is 0. The van der Waals surface area contributed by atoms with Gasteiger partial charge in [0, 0.05) is 10.8 Å². The molecule has 1 heterocycles. The van der Waals surface area contributed by atoms with Gasteiger partial charge in [0.25, 0.3) is 0 Å². The van der Waals surface area contributed by atoms with E-state index in [1.54, 1.807) is 11.3 Å². The molecular weight excluding hydrogens is 210 g/mol. The number of thiazole rings is 1. The molecule has 0 atom stereocenters. The summed E-state index contributed by atoms with van der Waals surface area (Å²) in [5.74, 6) is -0.197. The van der Waals surface area contributed by atoms with Gasteiger partial charge in [-0.2, -0.15) is 0 Å². The van der Waals surface area contributed by atoms with E-state index in [2.05, 4.69) is 4.98 Å². The number of nitrogens with zero attached hydrogens (tertiary/aromatic N) is 1.